The van der Waals surface area contributed by atoms with Crippen LogP contribution in [0, 0.1) is 5.92 Å². The van der Waals surface area contributed by atoms with Gasteiger partial charge < -0.3 is 16.0 Å². The Morgan fingerprint density at radius 2 is 1.76 bits per heavy atom. The van der Waals surface area contributed by atoms with Gasteiger partial charge in [-0.25, -0.2) is 0 Å². The van der Waals surface area contributed by atoms with Crippen molar-refractivity contribution >= 4 is 11.9 Å². The molecule has 1 heterocycles. The molecule has 0 spiro atoms. The summed E-state index contributed by atoms with van der Waals surface area (Å²) in [5, 5.41) is 3.54. The number of aliphatic imine (C=N–C) groups is 1. The summed E-state index contributed by atoms with van der Waals surface area (Å²) >= 11 is 0. The van der Waals surface area contributed by atoms with Crippen molar-refractivity contribution < 1.29 is 4.79 Å². The number of carbonyl (C=O) groups excluding carboxylic acids is 1. The van der Waals surface area contributed by atoms with Crippen LogP contribution in [-0.2, 0) is 4.79 Å². The van der Waals surface area contributed by atoms with E-state index in [1.807, 2.05) is 7.05 Å². The largest absolute Gasteiger partial charge is 0.370 e. The van der Waals surface area contributed by atoms with E-state index in [1.165, 1.54) is 11.1 Å². The second kappa shape index (κ2) is 10.6. The highest BCUT2D eigenvalue weighted by atomic mass is 16.1. The third-order valence-corrected chi connectivity index (χ3v) is 5.64. The Morgan fingerprint density at radius 1 is 1.14 bits per heavy atom. The lowest BCUT2D eigenvalue weighted by Gasteiger charge is -2.34. The van der Waals surface area contributed by atoms with E-state index in [-0.39, 0.29) is 5.91 Å². The molecule has 154 valence electrons. The van der Waals surface area contributed by atoms with Gasteiger partial charge in [-0.05, 0) is 36.3 Å². The third-order valence-electron chi connectivity index (χ3n) is 5.64. The lowest BCUT2D eigenvalue weighted by atomic mass is 9.88. The van der Waals surface area contributed by atoms with Crippen LogP contribution in [0.25, 0.3) is 0 Å². The van der Waals surface area contributed by atoms with Crippen molar-refractivity contribution in [3.05, 3.63) is 71.8 Å². The molecule has 5 heteroatoms. The van der Waals surface area contributed by atoms with Crippen LogP contribution in [0.2, 0.25) is 0 Å². The summed E-state index contributed by atoms with van der Waals surface area (Å²) < 4.78 is 0. The van der Waals surface area contributed by atoms with Crippen LogP contribution in [0.1, 0.15) is 42.7 Å². The summed E-state index contributed by atoms with van der Waals surface area (Å²) in [4.78, 5) is 18.0. The number of nitrogens with zero attached hydrogens (tertiary/aromatic N) is 2. The van der Waals surface area contributed by atoms with E-state index in [4.69, 9.17) is 5.73 Å². The van der Waals surface area contributed by atoms with Crippen molar-refractivity contribution in [2.24, 2.45) is 16.6 Å². The summed E-state index contributed by atoms with van der Waals surface area (Å²) in [5.41, 5.74) is 8.06. The van der Waals surface area contributed by atoms with Crippen molar-refractivity contribution in [3.63, 3.8) is 0 Å². The fraction of sp³-hybridized carbons (Fsp3) is 0.417. The van der Waals surface area contributed by atoms with Gasteiger partial charge >= 0.3 is 0 Å². The first-order valence-corrected chi connectivity index (χ1v) is 10.5. The smallest absolute Gasteiger partial charge is 0.217 e. The number of hydrogen-bond donors (Lipinski definition) is 2. The molecule has 1 amide bonds. The average Bonchev–Trinajstić information content (AvgIpc) is 2.75. The van der Waals surface area contributed by atoms with E-state index in [0.717, 1.165) is 44.9 Å². The molecule has 1 saturated heterocycles. The van der Waals surface area contributed by atoms with Gasteiger partial charge in [0.1, 0.15) is 0 Å². The molecule has 2 aromatic rings. The van der Waals surface area contributed by atoms with Gasteiger partial charge in [-0.2, -0.15) is 0 Å². The van der Waals surface area contributed by atoms with Crippen LogP contribution >= 0.6 is 0 Å². The molecule has 0 aliphatic carbocycles. The van der Waals surface area contributed by atoms with Gasteiger partial charge in [0.15, 0.2) is 5.96 Å². The fourth-order valence-electron chi connectivity index (χ4n) is 4.27. The second-order valence-electron chi connectivity index (χ2n) is 7.76. The summed E-state index contributed by atoms with van der Waals surface area (Å²) in [6.07, 6.45) is 3.55. The van der Waals surface area contributed by atoms with Crippen molar-refractivity contribution in [3.8, 4) is 0 Å². The van der Waals surface area contributed by atoms with Gasteiger partial charge in [-0.1, -0.05) is 60.7 Å². The molecule has 1 aliphatic rings. The maximum Gasteiger partial charge on any atom is 0.217 e. The van der Waals surface area contributed by atoms with Crippen LogP contribution in [0.4, 0.5) is 0 Å². The number of nitrogens with two attached hydrogens (primary N) is 1. The predicted molar refractivity (Wildman–Crippen MR) is 119 cm³/mol. The maximum atomic E-state index is 11.3. The van der Waals surface area contributed by atoms with Gasteiger partial charge in [0.25, 0.3) is 0 Å². The molecule has 1 unspecified atom stereocenters. The molecule has 1 fully saturated rings. The van der Waals surface area contributed by atoms with Gasteiger partial charge in [0, 0.05) is 39.0 Å². The van der Waals surface area contributed by atoms with Crippen LogP contribution < -0.4 is 11.1 Å². The van der Waals surface area contributed by atoms with E-state index < -0.39 is 0 Å². The van der Waals surface area contributed by atoms with E-state index >= 15 is 0 Å². The van der Waals surface area contributed by atoms with Gasteiger partial charge in [-0.15, -0.1) is 0 Å². The normalized spacial score (nSPS) is 17.4. The first-order chi connectivity index (χ1) is 14.2. The summed E-state index contributed by atoms with van der Waals surface area (Å²) in [6, 6.07) is 21.3. The molecular weight excluding hydrogens is 360 g/mol. The molecule has 1 aliphatic heterocycles. The van der Waals surface area contributed by atoms with Crippen LogP contribution in [0.5, 0.6) is 0 Å². The van der Waals surface area contributed by atoms with E-state index in [0.29, 0.717) is 18.3 Å². The van der Waals surface area contributed by atoms with Crippen molar-refractivity contribution in [2.45, 2.75) is 31.6 Å². The minimum absolute atomic E-state index is 0.214. The SMILES string of the molecule is CN=C(NCCC(c1ccccc1)c1ccccc1)N1CCCC(CC(N)=O)C1. The lowest BCUT2D eigenvalue weighted by Crippen LogP contribution is -2.47. The van der Waals surface area contributed by atoms with Gasteiger partial charge in [-0.3, -0.25) is 9.79 Å². The topological polar surface area (TPSA) is 70.7 Å². The fourth-order valence-corrected chi connectivity index (χ4v) is 4.27. The molecule has 3 N–H and O–H groups in total. The van der Waals surface area contributed by atoms with Crippen molar-refractivity contribution in [2.75, 3.05) is 26.7 Å². The first-order valence-electron chi connectivity index (χ1n) is 10.5. The summed E-state index contributed by atoms with van der Waals surface area (Å²) in [7, 11) is 1.83. The van der Waals surface area contributed by atoms with Crippen molar-refractivity contribution in [1.82, 2.24) is 10.2 Å². The van der Waals surface area contributed by atoms with Gasteiger partial charge in [0.05, 0.1) is 0 Å². The number of rotatable bonds is 7. The first kappa shape index (κ1) is 20.9. The number of amides is 1. The van der Waals surface area contributed by atoms with Crippen LogP contribution in [-0.4, -0.2) is 43.4 Å². The van der Waals surface area contributed by atoms with Crippen LogP contribution in [0.15, 0.2) is 65.7 Å². The Kier molecular flexibility index (Phi) is 7.68. The lowest BCUT2D eigenvalue weighted by molar-refractivity contribution is -0.119. The highest BCUT2D eigenvalue weighted by molar-refractivity contribution is 5.80. The zero-order valence-corrected chi connectivity index (χ0v) is 17.3. The maximum absolute atomic E-state index is 11.3. The zero-order valence-electron chi connectivity index (χ0n) is 17.3. The Morgan fingerprint density at radius 3 is 2.31 bits per heavy atom. The molecule has 0 aromatic heterocycles. The summed E-state index contributed by atoms with van der Waals surface area (Å²) in [6.45, 7) is 2.64. The number of likely N-dealkylation sites (tertiary alicyclic amines) is 1. The predicted octanol–water partition coefficient (Wildman–Crippen LogP) is 3.37. The Labute approximate surface area is 174 Å². The summed E-state index contributed by atoms with van der Waals surface area (Å²) in [5.74, 6) is 1.36. The molecule has 1 atom stereocenters. The minimum atomic E-state index is -0.214. The Hall–Kier alpha value is -2.82. The van der Waals surface area contributed by atoms with Crippen molar-refractivity contribution in [1.29, 1.82) is 0 Å². The van der Waals surface area contributed by atoms with E-state index in [9.17, 15) is 4.79 Å². The molecule has 0 saturated carbocycles. The Bertz CT molecular complexity index is 752. The third kappa shape index (κ3) is 6.08. The highest BCUT2D eigenvalue weighted by Gasteiger charge is 2.23. The molecule has 0 bridgehead atoms. The average molecular weight is 393 g/mol. The molecule has 2 aromatic carbocycles. The number of piperidine rings is 1. The van der Waals surface area contributed by atoms with Crippen LogP contribution in [0.3, 0.4) is 0 Å². The van der Waals surface area contributed by atoms with Gasteiger partial charge in [0.2, 0.25) is 5.91 Å². The highest BCUT2D eigenvalue weighted by Crippen LogP contribution is 2.27. The second-order valence-corrected chi connectivity index (χ2v) is 7.76. The number of guanidine groups is 1. The minimum Gasteiger partial charge on any atom is -0.370 e. The van der Waals surface area contributed by atoms with E-state index in [1.54, 1.807) is 0 Å². The quantitative estimate of drug-likeness (QED) is 0.561. The molecular formula is C24H32N4O. The van der Waals surface area contributed by atoms with E-state index in [2.05, 4.69) is 75.9 Å². The molecule has 5 nitrogen and oxygen atoms in total. The molecule has 29 heavy (non-hydrogen) atoms. The monoisotopic (exact) mass is 392 g/mol. The molecule has 3 rings (SSSR count). The molecule has 0 radical (unpaired) electrons. The standard InChI is InChI=1S/C24H32N4O/c1-26-24(28-16-8-9-19(18-28)17-23(25)29)27-15-14-22(20-10-4-2-5-11-20)21-12-6-3-7-13-21/h2-7,10-13,19,22H,8-9,14-18H2,1H3,(H2,25,29)(H,26,27). The number of hydrogen-bond acceptors (Lipinski definition) is 2. The Balaban J connectivity index is 1.61. The number of primary amides is 1. The number of benzene rings is 2. The number of nitrogens with one attached hydrogen (secondary N) is 1. The number of carbonyl (C=O) groups is 1. The zero-order chi connectivity index (χ0) is 20.5.